The minimum absolute atomic E-state index is 0.107. The number of rotatable bonds is 3. The molecule has 2 aromatic rings. The first-order chi connectivity index (χ1) is 12.9. The van der Waals surface area contributed by atoms with Gasteiger partial charge in [0.05, 0.1) is 0 Å². The Balaban J connectivity index is 1.59. The Morgan fingerprint density at radius 3 is 2.44 bits per heavy atom. The number of hydrogen-bond donors (Lipinski definition) is 1. The molecule has 4 rings (SSSR count). The van der Waals surface area contributed by atoms with Gasteiger partial charge >= 0.3 is 0 Å². The minimum atomic E-state index is -0.654. The molecule has 2 aliphatic rings. The van der Waals surface area contributed by atoms with Crippen LogP contribution in [0, 0.1) is 6.92 Å². The Bertz CT molecular complexity index is 978. The summed E-state index contributed by atoms with van der Waals surface area (Å²) < 4.78 is 0. The van der Waals surface area contributed by atoms with Crippen LogP contribution >= 0.6 is 0 Å². The molecule has 6 nitrogen and oxygen atoms in total. The lowest BCUT2D eigenvalue weighted by molar-refractivity contribution is -0.136. The van der Waals surface area contributed by atoms with Crippen molar-refractivity contribution in [1.82, 2.24) is 10.2 Å². The molecule has 2 aliphatic heterocycles. The van der Waals surface area contributed by atoms with Crippen molar-refractivity contribution < 1.29 is 19.2 Å². The van der Waals surface area contributed by atoms with Gasteiger partial charge in [-0.3, -0.25) is 24.5 Å². The van der Waals surface area contributed by atoms with Crippen LogP contribution in [-0.4, -0.2) is 34.4 Å². The summed E-state index contributed by atoms with van der Waals surface area (Å²) in [5, 5.41) is 2.28. The molecule has 0 bridgehead atoms. The molecule has 1 saturated heterocycles. The van der Waals surface area contributed by atoms with Crippen LogP contribution in [0.4, 0.5) is 0 Å². The van der Waals surface area contributed by atoms with Crippen molar-refractivity contribution in [2.75, 3.05) is 0 Å². The summed E-state index contributed by atoms with van der Waals surface area (Å²) in [7, 11) is 0. The van der Waals surface area contributed by atoms with Gasteiger partial charge < -0.3 is 4.90 Å². The van der Waals surface area contributed by atoms with Crippen molar-refractivity contribution in [3.8, 4) is 0 Å². The van der Waals surface area contributed by atoms with Crippen LogP contribution in [0.1, 0.15) is 50.2 Å². The molecule has 1 atom stereocenters. The number of benzene rings is 2. The molecule has 136 valence electrons. The summed E-state index contributed by atoms with van der Waals surface area (Å²) in [5.74, 6) is -1.10. The van der Waals surface area contributed by atoms with E-state index in [1.807, 2.05) is 19.1 Å². The molecule has 1 unspecified atom stereocenters. The maximum absolute atomic E-state index is 12.7. The van der Waals surface area contributed by atoms with Gasteiger partial charge in [-0.15, -0.1) is 0 Å². The van der Waals surface area contributed by atoms with Crippen LogP contribution in [0.5, 0.6) is 0 Å². The van der Waals surface area contributed by atoms with E-state index in [0.717, 1.165) is 11.1 Å². The minimum Gasteiger partial charge on any atom is -0.322 e. The zero-order valence-electron chi connectivity index (χ0n) is 14.8. The second kappa shape index (κ2) is 6.46. The summed E-state index contributed by atoms with van der Waals surface area (Å²) in [6, 6.07) is 11.7. The van der Waals surface area contributed by atoms with Gasteiger partial charge in [0.1, 0.15) is 6.04 Å². The highest BCUT2D eigenvalue weighted by Crippen LogP contribution is 2.28. The molecule has 3 amide bonds. The number of carbonyl (C=O) groups excluding carboxylic acids is 4. The average Bonchev–Trinajstić information content (AvgIpc) is 2.98. The highest BCUT2D eigenvalue weighted by molar-refractivity contribution is 6.10. The quantitative estimate of drug-likeness (QED) is 0.669. The predicted molar refractivity (Wildman–Crippen MR) is 97.1 cm³/mol. The third-order valence-corrected chi connectivity index (χ3v) is 5.10. The number of nitrogens with one attached hydrogen (secondary N) is 1. The molecule has 6 heteroatoms. The van der Waals surface area contributed by atoms with E-state index in [4.69, 9.17) is 0 Å². The number of fused-ring (bicyclic) bond motifs is 1. The van der Waals surface area contributed by atoms with E-state index in [9.17, 15) is 19.2 Å². The zero-order valence-corrected chi connectivity index (χ0v) is 14.8. The van der Waals surface area contributed by atoms with Crippen LogP contribution in [0.25, 0.3) is 0 Å². The monoisotopic (exact) mass is 362 g/mol. The molecule has 0 saturated carbocycles. The van der Waals surface area contributed by atoms with Crippen LogP contribution in [-0.2, 0) is 16.1 Å². The highest BCUT2D eigenvalue weighted by Gasteiger charge is 2.39. The van der Waals surface area contributed by atoms with Crippen molar-refractivity contribution >= 4 is 23.5 Å². The Morgan fingerprint density at radius 1 is 1.04 bits per heavy atom. The number of ketones is 1. The maximum atomic E-state index is 12.7. The lowest BCUT2D eigenvalue weighted by atomic mass is 9.99. The normalized spacial score (nSPS) is 19.1. The lowest BCUT2D eigenvalue weighted by Gasteiger charge is -2.29. The Kier molecular flexibility index (Phi) is 4.11. The molecule has 2 heterocycles. The summed E-state index contributed by atoms with van der Waals surface area (Å²) in [6.45, 7) is 2.22. The Morgan fingerprint density at radius 2 is 1.74 bits per heavy atom. The predicted octanol–water partition coefficient (Wildman–Crippen LogP) is 1.99. The van der Waals surface area contributed by atoms with E-state index in [1.165, 1.54) is 4.90 Å². The van der Waals surface area contributed by atoms with Crippen molar-refractivity contribution in [3.63, 3.8) is 0 Å². The molecule has 27 heavy (non-hydrogen) atoms. The first-order valence-corrected chi connectivity index (χ1v) is 8.83. The van der Waals surface area contributed by atoms with Crippen LogP contribution in [0.15, 0.2) is 42.5 Å². The standard InChI is InChI=1S/C21H18N2O4/c1-12-2-4-13(5-3-12)19(25)14-6-7-16-15(10-14)11-23(21(16)27)17-8-9-18(24)22-20(17)26/h2-7,10,17H,8-9,11H2,1H3,(H,22,24,26). The first kappa shape index (κ1) is 17.1. The van der Waals surface area contributed by atoms with Gasteiger partial charge in [-0.1, -0.05) is 35.9 Å². The van der Waals surface area contributed by atoms with Gasteiger partial charge in [0.25, 0.3) is 5.91 Å². The van der Waals surface area contributed by atoms with Crippen molar-refractivity contribution in [2.24, 2.45) is 0 Å². The lowest BCUT2D eigenvalue weighted by Crippen LogP contribution is -2.52. The topological polar surface area (TPSA) is 83.6 Å². The van der Waals surface area contributed by atoms with Crippen LogP contribution < -0.4 is 5.32 Å². The van der Waals surface area contributed by atoms with Gasteiger partial charge in [0, 0.05) is 29.7 Å². The molecule has 1 fully saturated rings. The smallest absolute Gasteiger partial charge is 0.255 e. The number of nitrogens with zero attached hydrogens (tertiary/aromatic N) is 1. The van der Waals surface area contributed by atoms with Crippen LogP contribution in [0.2, 0.25) is 0 Å². The summed E-state index contributed by atoms with van der Waals surface area (Å²) in [5.41, 5.74) is 3.40. The second-order valence-electron chi connectivity index (χ2n) is 6.97. The van der Waals surface area contributed by atoms with E-state index in [1.54, 1.807) is 30.3 Å². The number of imide groups is 1. The van der Waals surface area contributed by atoms with Gasteiger partial charge in [0.15, 0.2) is 5.78 Å². The number of carbonyl (C=O) groups is 4. The fraction of sp³-hybridized carbons (Fsp3) is 0.238. The summed E-state index contributed by atoms with van der Waals surface area (Å²) in [6.07, 6.45) is 0.535. The second-order valence-corrected chi connectivity index (χ2v) is 6.97. The first-order valence-electron chi connectivity index (χ1n) is 8.83. The Labute approximate surface area is 156 Å². The average molecular weight is 362 g/mol. The number of amides is 3. The number of hydrogen-bond acceptors (Lipinski definition) is 4. The van der Waals surface area contributed by atoms with E-state index in [0.29, 0.717) is 23.1 Å². The number of aryl methyl sites for hydroxylation is 1. The van der Waals surface area contributed by atoms with Crippen molar-refractivity contribution in [2.45, 2.75) is 32.4 Å². The molecule has 2 aromatic carbocycles. The molecular formula is C21H18N2O4. The van der Waals surface area contributed by atoms with E-state index >= 15 is 0 Å². The highest BCUT2D eigenvalue weighted by atomic mass is 16.2. The van der Waals surface area contributed by atoms with E-state index < -0.39 is 11.9 Å². The zero-order chi connectivity index (χ0) is 19.1. The molecule has 0 aliphatic carbocycles. The fourth-order valence-electron chi connectivity index (χ4n) is 3.59. The third-order valence-electron chi connectivity index (χ3n) is 5.10. The molecule has 0 spiro atoms. The molecule has 1 N–H and O–H groups in total. The molecule has 0 aromatic heterocycles. The SMILES string of the molecule is Cc1ccc(C(=O)c2ccc3c(c2)CN(C2CCC(=O)NC2=O)C3=O)cc1. The number of piperidine rings is 1. The van der Waals surface area contributed by atoms with Gasteiger partial charge in [-0.2, -0.15) is 0 Å². The van der Waals surface area contributed by atoms with Gasteiger partial charge in [-0.05, 0) is 31.0 Å². The fourth-order valence-corrected chi connectivity index (χ4v) is 3.59. The van der Waals surface area contributed by atoms with Gasteiger partial charge in [0.2, 0.25) is 11.8 Å². The van der Waals surface area contributed by atoms with Crippen LogP contribution in [0.3, 0.4) is 0 Å². The van der Waals surface area contributed by atoms with Crippen molar-refractivity contribution in [1.29, 1.82) is 0 Å². The van der Waals surface area contributed by atoms with Crippen molar-refractivity contribution in [3.05, 3.63) is 70.3 Å². The summed E-state index contributed by atoms with van der Waals surface area (Å²) >= 11 is 0. The van der Waals surface area contributed by atoms with Gasteiger partial charge in [-0.25, -0.2) is 0 Å². The molecule has 0 radical (unpaired) electrons. The molecular weight excluding hydrogens is 344 g/mol. The van der Waals surface area contributed by atoms with E-state index in [2.05, 4.69) is 5.32 Å². The van der Waals surface area contributed by atoms with E-state index in [-0.39, 0.29) is 30.6 Å². The Hall–Kier alpha value is -3.28. The summed E-state index contributed by atoms with van der Waals surface area (Å²) in [4.78, 5) is 50.3. The third kappa shape index (κ3) is 3.03. The maximum Gasteiger partial charge on any atom is 0.255 e. The largest absolute Gasteiger partial charge is 0.322 e.